The molecule has 0 bridgehead atoms. The Morgan fingerprint density at radius 2 is 1.89 bits per heavy atom. The number of pyridine rings is 1. The molecule has 27 heavy (non-hydrogen) atoms. The highest BCUT2D eigenvalue weighted by atomic mass is 19.4. The predicted octanol–water partition coefficient (Wildman–Crippen LogP) is 4.01. The van der Waals surface area contributed by atoms with Gasteiger partial charge in [-0.3, -0.25) is 9.78 Å². The maximum Gasteiger partial charge on any atom is 0.419 e. The minimum Gasteiger partial charge on any atom is -0.371 e. The quantitative estimate of drug-likeness (QED) is 0.817. The molecule has 0 atom stereocenters. The molecule has 1 fully saturated rings. The summed E-state index contributed by atoms with van der Waals surface area (Å²) in [5.74, 6) is -1.37. The smallest absolute Gasteiger partial charge is 0.371 e. The number of nitrogens with zero attached hydrogens (tertiary/aromatic N) is 2. The fraction of sp³-hybridized carbons (Fsp3) is 0.368. The van der Waals surface area contributed by atoms with Crippen LogP contribution in [0.4, 0.5) is 23.2 Å². The van der Waals surface area contributed by atoms with E-state index in [4.69, 9.17) is 0 Å². The van der Waals surface area contributed by atoms with E-state index in [1.54, 1.807) is 12.3 Å². The van der Waals surface area contributed by atoms with E-state index in [9.17, 15) is 22.4 Å². The van der Waals surface area contributed by atoms with Gasteiger partial charge < -0.3 is 10.2 Å². The first-order valence-electron chi connectivity index (χ1n) is 8.59. The van der Waals surface area contributed by atoms with Crippen molar-refractivity contribution in [1.82, 2.24) is 10.3 Å². The molecule has 8 heteroatoms. The minimum absolute atomic E-state index is 0.0519. The van der Waals surface area contributed by atoms with E-state index < -0.39 is 17.6 Å². The second-order valence-corrected chi connectivity index (χ2v) is 6.55. The summed E-state index contributed by atoms with van der Waals surface area (Å²) in [7, 11) is 0. The fourth-order valence-corrected chi connectivity index (χ4v) is 3.25. The summed E-state index contributed by atoms with van der Waals surface area (Å²) in [5.41, 5.74) is 0.267. The Labute approximate surface area is 154 Å². The van der Waals surface area contributed by atoms with E-state index in [2.05, 4.69) is 15.2 Å². The van der Waals surface area contributed by atoms with Gasteiger partial charge in [0, 0.05) is 43.5 Å². The van der Waals surface area contributed by atoms with Crippen LogP contribution in [-0.2, 0) is 11.0 Å². The van der Waals surface area contributed by atoms with Crippen molar-refractivity contribution in [2.75, 3.05) is 18.0 Å². The number of halogens is 4. The molecule has 1 aromatic carbocycles. The number of benzene rings is 1. The fourth-order valence-electron chi connectivity index (χ4n) is 3.25. The number of rotatable bonds is 3. The Balaban J connectivity index is 1.77. The van der Waals surface area contributed by atoms with Crippen LogP contribution in [0.5, 0.6) is 0 Å². The van der Waals surface area contributed by atoms with Crippen molar-refractivity contribution >= 4 is 11.6 Å². The largest absolute Gasteiger partial charge is 0.419 e. The molecule has 2 aromatic rings. The number of amides is 1. The van der Waals surface area contributed by atoms with Crippen molar-refractivity contribution in [2.45, 2.75) is 32.0 Å². The van der Waals surface area contributed by atoms with Crippen LogP contribution in [0.15, 0.2) is 36.5 Å². The van der Waals surface area contributed by atoms with Crippen LogP contribution < -0.4 is 10.2 Å². The Morgan fingerprint density at radius 3 is 2.48 bits per heavy atom. The second kappa shape index (κ2) is 7.54. The van der Waals surface area contributed by atoms with Crippen molar-refractivity contribution in [3.63, 3.8) is 0 Å². The molecule has 1 aliphatic rings. The highest BCUT2D eigenvalue weighted by molar-refractivity contribution is 5.73. The van der Waals surface area contributed by atoms with Gasteiger partial charge in [0.1, 0.15) is 5.82 Å². The highest BCUT2D eigenvalue weighted by Gasteiger charge is 2.34. The topological polar surface area (TPSA) is 45.2 Å². The van der Waals surface area contributed by atoms with Crippen molar-refractivity contribution in [3.05, 3.63) is 47.9 Å². The van der Waals surface area contributed by atoms with Crippen LogP contribution in [0, 0.1) is 5.82 Å². The summed E-state index contributed by atoms with van der Waals surface area (Å²) in [6.45, 7) is 2.95. The molecule has 0 radical (unpaired) electrons. The number of anilines is 1. The van der Waals surface area contributed by atoms with E-state index in [0.717, 1.165) is 43.8 Å². The molecule has 144 valence electrons. The Kier molecular flexibility index (Phi) is 5.34. The van der Waals surface area contributed by atoms with Gasteiger partial charge in [-0.05, 0) is 37.1 Å². The summed E-state index contributed by atoms with van der Waals surface area (Å²) >= 11 is 0. The molecule has 0 spiro atoms. The molecule has 4 nitrogen and oxygen atoms in total. The molecule has 1 saturated heterocycles. The van der Waals surface area contributed by atoms with Gasteiger partial charge in [0.2, 0.25) is 5.91 Å². The first-order valence-corrected chi connectivity index (χ1v) is 8.59. The molecule has 0 saturated carbocycles. The zero-order valence-corrected chi connectivity index (χ0v) is 14.7. The van der Waals surface area contributed by atoms with Crippen LogP contribution in [0.2, 0.25) is 0 Å². The molecular weight excluding hydrogens is 362 g/mol. The SMILES string of the molecule is CC(=O)NC1CCN(c2ccnc(-c3ccc(C(F)(F)F)c(F)c3)c2)CC1. The van der Waals surface area contributed by atoms with Crippen molar-refractivity contribution in [1.29, 1.82) is 0 Å². The third-order valence-electron chi connectivity index (χ3n) is 4.58. The van der Waals surface area contributed by atoms with Gasteiger partial charge >= 0.3 is 6.18 Å². The van der Waals surface area contributed by atoms with E-state index in [1.165, 1.54) is 13.0 Å². The van der Waals surface area contributed by atoms with Crippen molar-refractivity contribution in [2.24, 2.45) is 0 Å². The van der Waals surface area contributed by atoms with Gasteiger partial charge in [-0.2, -0.15) is 13.2 Å². The molecule has 0 aliphatic carbocycles. The van der Waals surface area contributed by atoms with E-state index in [1.807, 2.05) is 6.07 Å². The summed E-state index contributed by atoms with van der Waals surface area (Å²) in [6, 6.07) is 6.50. The zero-order chi connectivity index (χ0) is 19.6. The first-order chi connectivity index (χ1) is 12.7. The molecule has 3 rings (SSSR count). The standard InChI is InChI=1S/C19H19F4N3O/c1-12(27)25-14-5-8-26(9-6-14)15-4-7-24-18(11-15)13-2-3-16(17(20)10-13)19(21,22)23/h2-4,7,10-11,14H,5-6,8-9H2,1H3,(H,25,27). The lowest BCUT2D eigenvalue weighted by Gasteiger charge is -2.33. The van der Waals surface area contributed by atoms with Gasteiger partial charge in [0.05, 0.1) is 11.3 Å². The van der Waals surface area contributed by atoms with Gasteiger partial charge in [-0.25, -0.2) is 4.39 Å². The van der Waals surface area contributed by atoms with E-state index in [0.29, 0.717) is 5.69 Å². The third-order valence-corrected chi connectivity index (χ3v) is 4.58. The number of carbonyl (C=O) groups is 1. The van der Waals surface area contributed by atoms with Gasteiger partial charge in [0.25, 0.3) is 0 Å². The van der Waals surface area contributed by atoms with E-state index >= 15 is 0 Å². The number of hydrogen-bond acceptors (Lipinski definition) is 3. The molecule has 1 aliphatic heterocycles. The van der Waals surface area contributed by atoms with Gasteiger partial charge in [0.15, 0.2) is 0 Å². The monoisotopic (exact) mass is 381 g/mol. The number of carbonyl (C=O) groups excluding carboxylic acids is 1. The lowest BCUT2D eigenvalue weighted by atomic mass is 10.0. The maximum absolute atomic E-state index is 13.8. The lowest BCUT2D eigenvalue weighted by molar-refractivity contribution is -0.140. The van der Waals surface area contributed by atoms with Crippen LogP contribution in [0.25, 0.3) is 11.3 Å². The van der Waals surface area contributed by atoms with Gasteiger partial charge in [-0.15, -0.1) is 0 Å². The van der Waals surface area contributed by atoms with Crippen molar-refractivity contribution in [3.8, 4) is 11.3 Å². The Hall–Kier alpha value is -2.64. The van der Waals surface area contributed by atoms with Crippen LogP contribution in [0.3, 0.4) is 0 Å². The number of hydrogen-bond donors (Lipinski definition) is 1. The molecule has 1 N–H and O–H groups in total. The molecule has 0 unspecified atom stereocenters. The highest BCUT2D eigenvalue weighted by Crippen LogP contribution is 2.33. The number of aromatic nitrogens is 1. The molecule has 2 heterocycles. The summed E-state index contributed by atoms with van der Waals surface area (Å²) in [4.78, 5) is 17.4. The predicted molar refractivity (Wildman–Crippen MR) is 93.7 cm³/mol. The Bertz CT molecular complexity index is 830. The van der Waals surface area contributed by atoms with Crippen LogP contribution in [-0.4, -0.2) is 30.0 Å². The number of nitrogens with one attached hydrogen (secondary N) is 1. The normalized spacial score (nSPS) is 15.7. The van der Waals surface area contributed by atoms with Crippen molar-refractivity contribution < 1.29 is 22.4 Å². The summed E-state index contributed by atoms with van der Waals surface area (Å²) in [6.07, 6.45) is -1.57. The minimum atomic E-state index is -4.73. The van der Waals surface area contributed by atoms with Crippen LogP contribution in [0.1, 0.15) is 25.3 Å². The summed E-state index contributed by atoms with van der Waals surface area (Å²) in [5, 5.41) is 2.90. The molecule has 1 amide bonds. The van der Waals surface area contributed by atoms with E-state index in [-0.39, 0.29) is 17.5 Å². The second-order valence-electron chi connectivity index (χ2n) is 6.55. The van der Waals surface area contributed by atoms with Crippen LogP contribution >= 0.6 is 0 Å². The average Bonchev–Trinajstić information content (AvgIpc) is 2.61. The maximum atomic E-state index is 13.8. The first kappa shape index (κ1) is 19.1. The number of alkyl halides is 3. The summed E-state index contributed by atoms with van der Waals surface area (Å²) < 4.78 is 52.0. The molecular formula is C19H19F4N3O. The number of piperidine rings is 1. The zero-order valence-electron chi connectivity index (χ0n) is 14.7. The third kappa shape index (κ3) is 4.56. The molecule has 1 aromatic heterocycles. The Morgan fingerprint density at radius 1 is 1.19 bits per heavy atom. The van der Waals surface area contributed by atoms with Gasteiger partial charge in [-0.1, -0.05) is 6.07 Å². The lowest BCUT2D eigenvalue weighted by Crippen LogP contribution is -2.44. The average molecular weight is 381 g/mol.